The predicted molar refractivity (Wildman–Crippen MR) is 95.4 cm³/mol. The van der Waals surface area contributed by atoms with Gasteiger partial charge in [-0.1, -0.05) is 13.3 Å². The van der Waals surface area contributed by atoms with E-state index in [1.54, 1.807) is 27.7 Å². The van der Waals surface area contributed by atoms with Crippen molar-refractivity contribution < 1.29 is 22.7 Å². The maximum atomic E-state index is 12.7. The van der Waals surface area contributed by atoms with Crippen molar-refractivity contribution in [3.63, 3.8) is 0 Å². The molecule has 1 aromatic heterocycles. The molecule has 0 bridgehead atoms. The molecule has 0 radical (unpaired) electrons. The van der Waals surface area contributed by atoms with Crippen LogP contribution in [0.4, 0.5) is 13.2 Å². The average molecular weight is 383 g/mol. The number of aryl methyl sites for hydroxylation is 1. The van der Waals surface area contributed by atoms with Gasteiger partial charge in [0.05, 0.1) is 31.2 Å². The lowest BCUT2D eigenvalue weighted by molar-refractivity contribution is -0.134. The summed E-state index contributed by atoms with van der Waals surface area (Å²) in [7, 11) is 1.53. The summed E-state index contributed by atoms with van der Waals surface area (Å²) in [4.78, 5) is 18.5. The fraction of sp³-hybridized carbons (Fsp3) is 0.579. The summed E-state index contributed by atoms with van der Waals surface area (Å²) in [6, 6.07) is 5.21. The van der Waals surface area contributed by atoms with Crippen molar-refractivity contribution in [2.45, 2.75) is 51.9 Å². The van der Waals surface area contributed by atoms with Crippen LogP contribution in [0.1, 0.15) is 38.4 Å². The summed E-state index contributed by atoms with van der Waals surface area (Å²) in [6.45, 7) is 2.93. The minimum atomic E-state index is -4.25. The van der Waals surface area contributed by atoms with Gasteiger partial charge in [-0.2, -0.15) is 13.2 Å². The van der Waals surface area contributed by atoms with Gasteiger partial charge in [-0.3, -0.25) is 4.79 Å². The molecule has 1 aromatic carbocycles. The number of alkyl halides is 3. The highest BCUT2D eigenvalue weighted by Crippen LogP contribution is 2.28. The van der Waals surface area contributed by atoms with Gasteiger partial charge in [-0.15, -0.1) is 0 Å². The van der Waals surface area contributed by atoms with E-state index in [0.29, 0.717) is 41.5 Å². The van der Waals surface area contributed by atoms with Crippen LogP contribution in [0.15, 0.2) is 18.2 Å². The Hall–Kier alpha value is -2.25. The Morgan fingerprint density at radius 3 is 2.78 bits per heavy atom. The van der Waals surface area contributed by atoms with Gasteiger partial charge < -0.3 is 14.2 Å². The van der Waals surface area contributed by atoms with Crippen molar-refractivity contribution in [1.29, 1.82) is 0 Å². The van der Waals surface area contributed by atoms with Crippen LogP contribution < -0.4 is 4.74 Å². The SMILES string of the molecule is CCCC1CC(=O)N(Cn2c(CCC(F)(F)F)nc3ccc(OC)cc32)C1. The van der Waals surface area contributed by atoms with Crippen LogP contribution in [0, 0.1) is 5.92 Å². The Bertz CT molecular complexity index is 816. The lowest BCUT2D eigenvalue weighted by atomic mass is 10.0. The molecule has 148 valence electrons. The first kappa shape index (κ1) is 19.5. The molecule has 1 saturated heterocycles. The maximum Gasteiger partial charge on any atom is 0.389 e. The molecule has 1 amide bonds. The first-order valence-corrected chi connectivity index (χ1v) is 9.18. The molecule has 5 nitrogen and oxygen atoms in total. The lowest BCUT2D eigenvalue weighted by Crippen LogP contribution is -2.29. The number of methoxy groups -OCH3 is 1. The number of carbonyl (C=O) groups excluding carboxylic acids is 1. The molecule has 0 spiro atoms. The van der Waals surface area contributed by atoms with Gasteiger partial charge in [0.1, 0.15) is 11.6 Å². The van der Waals surface area contributed by atoms with Crippen LogP contribution in [-0.2, 0) is 17.9 Å². The van der Waals surface area contributed by atoms with E-state index in [0.717, 1.165) is 12.8 Å². The van der Waals surface area contributed by atoms with Crippen LogP contribution in [0.25, 0.3) is 11.0 Å². The van der Waals surface area contributed by atoms with Crippen LogP contribution in [-0.4, -0.2) is 40.2 Å². The van der Waals surface area contributed by atoms with Crippen LogP contribution in [0.3, 0.4) is 0 Å². The van der Waals surface area contributed by atoms with Crippen LogP contribution >= 0.6 is 0 Å². The zero-order valence-electron chi connectivity index (χ0n) is 15.6. The molecular formula is C19H24F3N3O2. The monoisotopic (exact) mass is 383 g/mol. The highest BCUT2D eigenvalue weighted by Gasteiger charge is 2.31. The molecule has 0 N–H and O–H groups in total. The topological polar surface area (TPSA) is 47.4 Å². The molecule has 1 fully saturated rings. The third-order valence-electron chi connectivity index (χ3n) is 4.97. The molecule has 1 atom stereocenters. The fourth-order valence-electron chi connectivity index (χ4n) is 3.64. The largest absolute Gasteiger partial charge is 0.497 e. The number of nitrogens with zero attached hydrogens (tertiary/aromatic N) is 3. The molecule has 27 heavy (non-hydrogen) atoms. The van der Waals surface area contributed by atoms with Crippen molar-refractivity contribution in [3.8, 4) is 5.75 Å². The Balaban J connectivity index is 1.91. The van der Waals surface area contributed by atoms with E-state index in [1.807, 2.05) is 0 Å². The van der Waals surface area contributed by atoms with Crippen molar-refractivity contribution >= 4 is 16.9 Å². The first-order valence-electron chi connectivity index (χ1n) is 9.18. The summed E-state index contributed by atoms with van der Waals surface area (Å²) in [5, 5.41) is 0. The molecule has 2 heterocycles. The average Bonchev–Trinajstić information content (AvgIpc) is 3.13. The van der Waals surface area contributed by atoms with Gasteiger partial charge in [0, 0.05) is 25.5 Å². The third-order valence-corrected chi connectivity index (χ3v) is 4.97. The quantitative estimate of drug-likeness (QED) is 0.722. The molecular weight excluding hydrogens is 359 g/mol. The van der Waals surface area contributed by atoms with E-state index in [-0.39, 0.29) is 19.0 Å². The van der Waals surface area contributed by atoms with E-state index in [2.05, 4.69) is 11.9 Å². The Morgan fingerprint density at radius 1 is 1.33 bits per heavy atom. The number of benzene rings is 1. The molecule has 0 saturated carbocycles. The van der Waals surface area contributed by atoms with Crippen molar-refractivity contribution in [3.05, 3.63) is 24.0 Å². The van der Waals surface area contributed by atoms with Crippen LogP contribution in [0.2, 0.25) is 0 Å². The van der Waals surface area contributed by atoms with Crippen LogP contribution in [0.5, 0.6) is 5.75 Å². The van der Waals surface area contributed by atoms with Gasteiger partial charge in [-0.25, -0.2) is 4.98 Å². The Labute approximate surface area is 156 Å². The summed E-state index contributed by atoms with van der Waals surface area (Å²) >= 11 is 0. The van der Waals surface area contributed by atoms with E-state index in [4.69, 9.17) is 4.74 Å². The summed E-state index contributed by atoms with van der Waals surface area (Å²) < 4.78 is 45.1. The van der Waals surface area contributed by atoms with Gasteiger partial charge in [-0.05, 0) is 24.5 Å². The van der Waals surface area contributed by atoms with E-state index in [1.165, 1.54) is 7.11 Å². The standard InChI is InChI=1S/C19H24F3N3O2/c1-3-4-13-9-18(26)24(11-13)12-25-16-10-14(27-2)5-6-15(16)23-17(25)7-8-19(20,21)22/h5-6,10,13H,3-4,7-9,11-12H2,1-2H3. The normalized spacial score (nSPS) is 17.9. The van der Waals surface area contributed by atoms with Gasteiger partial charge in [0.2, 0.25) is 5.91 Å². The number of amides is 1. The molecule has 3 rings (SSSR count). The van der Waals surface area contributed by atoms with Crippen molar-refractivity contribution in [2.24, 2.45) is 5.92 Å². The highest BCUT2D eigenvalue weighted by atomic mass is 19.4. The highest BCUT2D eigenvalue weighted by molar-refractivity contribution is 5.80. The maximum absolute atomic E-state index is 12.7. The van der Waals surface area contributed by atoms with E-state index >= 15 is 0 Å². The number of carbonyl (C=O) groups is 1. The number of hydrogen-bond donors (Lipinski definition) is 0. The number of fused-ring (bicyclic) bond motifs is 1. The van der Waals surface area contributed by atoms with Gasteiger partial charge in [0.25, 0.3) is 0 Å². The molecule has 2 aromatic rings. The molecule has 0 aliphatic carbocycles. The zero-order valence-corrected chi connectivity index (χ0v) is 15.6. The second-order valence-corrected chi connectivity index (χ2v) is 7.04. The Kier molecular flexibility index (Phi) is 5.62. The fourth-order valence-corrected chi connectivity index (χ4v) is 3.64. The molecule has 1 aliphatic heterocycles. The summed E-state index contributed by atoms with van der Waals surface area (Å²) in [5.74, 6) is 1.29. The minimum absolute atomic E-state index is 0.0416. The third kappa shape index (κ3) is 4.54. The van der Waals surface area contributed by atoms with Gasteiger partial charge >= 0.3 is 6.18 Å². The Morgan fingerprint density at radius 2 is 2.11 bits per heavy atom. The van der Waals surface area contributed by atoms with Crippen molar-refractivity contribution in [2.75, 3.05) is 13.7 Å². The number of ether oxygens (including phenoxy) is 1. The zero-order chi connectivity index (χ0) is 19.6. The summed E-state index contributed by atoms with van der Waals surface area (Å²) in [5.41, 5.74) is 1.28. The number of hydrogen-bond acceptors (Lipinski definition) is 3. The molecule has 8 heteroatoms. The second-order valence-electron chi connectivity index (χ2n) is 7.04. The predicted octanol–water partition coefficient (Wildman–Crippen LogP) is 4.15. The van der Waals surface area contributed by atoms with E-state index in [9.17, 15) is 18.0 Å². The number of halogens is 3. The first-order chi connectivity index (χ1) is 12.8. The van der Waals surface area contributed by atoms with Gasteiger partial charge in [0.15, 0.2) is 0 Å². The van der Waals surface area contributed by atoms with Crippen molar-refractivity contribution in [1.82, 2.24) is 14.5 Å². The smallest absolute Gasteiger partial charge is 0.389 e. The van der Waals surface area contributed by atoms with E-state index < -0.39 is 12.6 Å². The minimum Gasteiger partial charge on any atom is -0.497 e. The lowest BCUT2D eigenvalue weighted by Gasteiger charge is -2.20. The number of rotatable bonds is 7. The number of imidazole rings is 1. The number of likely N-dealkylation sites (tertiary alicyclic amines) is 1. The molecule has 1 aliphatic rings. The molecule has 1 unspecified atom stereocenters. The summed E-state index contributed by atoms with van der Waals surface area (Å²) in [6.07, 6.45) is -2.94. The second kappa shape index (κ2) is 7.78. The number of aromatic nitrogens is 2.